The third-order valence-corrected chi connectivity index (χ3v) is 4.55. The van der Waals surface area contributed by atoms with Crippen molar-refractivity contribution in [3.63, 3.8) is 0 Å². The zero-order chi connectivity index (χ0) is 15.2. The fraction of sp³-hybridized carbons (Fsp3) is 0. The number of fused-ring (bicyclic) bond motifs is 2. The zero-order valence-corrected chi connectivity index (χ0v) is 12.6. The van der Waals surface area contributed by atoms with Crippen LogP contribution in [0.3, 0.4) is 0 Å². The standard InChI is InChI=1S/C16H10N6S/c1-2-5-10-9(4-1)13(22-21-10)16-17-8-11-14(20-16)19-15(18-11)12-6-3-7-23-12/h1-8H,(H,21,22)(H,17,18,19,20). The highest BCUT2D eigenvalue weighted by Gasteiger charge is 2.13. The van der Waals surface area contributed by atoms with Crippen LogP contribution in [0.1, 0.15) is 0 Å². The van der Waals surface area contributed by atoms with E-state index in [9.17, 15) is 0 Å². The molecule has 0 bridgehead atoms. The van der Waals surface area contributed by atoms with Crippen LogP contribution < -0.4 is 0 Å². The number of para-hydroxylation sites is 1. The molecule has 2 N–H and O–H groups in total. The maximum Gasteiger partial charge on any atom is 0.182 e. The van der Waals surface area contributed by atoms with E-state index in [2.05, 4.69) is 30.1 Å². The first-order valence-electron chi connectivity index (χ1n) is 7.08. The number of imidazole rings is 1. The SMILES string of the molecule is c1csc(-c2nc3nc(-c4n[nH]c5ccccc45)ncc3[nH]2)c1. The summed E-state index contributed by atoms with van der Waals surface area (Å²) in [6, 6.07) is 12.0. The Bertz CT molecular complexity index is 1120. The summed E-state index contributed by atoms with van der Waals surface area (Å²) in [5.74, 6) is 1.38. The van der Waals surface area contributed by atoms with Gasteiger partial charge in [-0.3, -0.25) is 5.10 Å². The molecule has 110 valence electrons. The minimum absolute atomic E-state index is 0.569. The second kappa shape index (κ2) is 4.72. The Labute approximate surface area is 134 Å². The Balaban J connectivity index is 1.68. The smallest absolute Gasteiger partial charge is 0.182 e. The van der Waals surface area contributed by atoms with Crippen LogP contribution in [-0.4, -0.2) is 30.1 Å². The normalized spacial score (nSPS) is 11.5. The van der Waals surface area contributed by atoms with Crippen molar-refractivity contribution < 1.29 is 0 Å². The van der Waals surface area contributed by atoms with Crippen LogP contribution in [0.2, 0.25) is 0 Å². The molecule has 6 nitrogen and oxygen atoms in total. The van der Waals surface area contributed by atoms with Gasteiger partial charge in [-0.25, -0.2) is 15.0 Å². The monoisotopic (exact) mass is 318 g/mol. The quantitative estimate of drug-likeness (QED) is 0.520. The predicted octanol–water partition coefficient (Wildman–Crippen LogP) is 3.62. The van der Waals surface area contributed by atoms with Gasteiger partial charge in [-0.05, 0) is 17.5 Å². The Morgan fingerprint density at radius 3 is 2.83 bits per heavy atom. The number of hydrogen-bond donors (Lipinski definition) is 2. The second-order valence-electron chi connectivity index (χ2n) is 5.11. The molecule has 0 fully saturated rings. The Morgan fingerprint density at radius 2 is 1.91 bits per heavy atom. The minimum Gasteiger partial charge on any atom is -0.335 e. The van der Waals surface area contributed by atoms with Crippen molar-refractivity contribution in [2.45, 2.75) is 0 Å². The molecule has 0 aliphatic heterocycles. The maximum atomic E-state index is 4.57. The maximum absolute atomic E-state index is 4.57. The molecule has 5 aromatic rings. The van der Waals surface area contributed by atoms with Gasteiger partial charge in [0.15, 0.2) is 17.3 Å². The summed E-state index contributed by atoms with van der Waals surface area (Å²) >= 11 is 1.64. The number of aromatic nitrogens is 6. The van der Waals surface area contributed by atoms with Gasteiger partial charge in [-0.1, -0.05) is 24.3 Å². The molecule has 4 heterocycles. The van der Waals surface area contributed by atoms with Gasteiger partial charge in [0.1, 0.15) is 11.2 Å². The number of nitrogens with zero attached hydrogens (tertiary/aromatic N) is 4. The van der Waals surface area contributed by atoms with Gasteiger partial charge in [-0.15, -0.1) is 11.3 Å². The average Bonchev–Trinajstić information content (AvgIpc) is 3.32. The number of nitrogens with one attached hydrogen (secondary N) is 2. The van der Waals surface area contributed by atoms with Gasteiger partial charge >= 0.3 is 0 Å². The van der Waals surface area contributed by atoms with Crippen molar-refractivity contribution in [2.75, 3.05) is 0 Å². The highest BCUT2D eigenvalue weighted by molar-refractivity contribution is 7.13. The van der Waals surface area contributed by atoms with Gasteiger partial charge in [-0.2, -0.15) is 5.10 Å². The number of hydrogen-bond acceptors (Lipinski definition) is 5. The van der Waals surface area contributed by atoms with E-state index in [-0.39, 0.29) is 0 Å². The number of H-pyrrole nitrogens is 2. The molecular weight excluding hydrogens is 308 g/mol. The fourth-order valence-electron chi connectivity index (χ4n) is 2.59. The molecule has 0 saturated heterocycles. The molecule has 0 saturated carbocycles. The number of aromatic amines is 2. The first-order chi connectivity index (χ1) is 11.4. The van der Waals surface area contributed by atoms with E-state index in [1.807, 2.05) is 41.8 Å². The molecular formula is C16H10N6S. The molecule has 0 unspecified atom stereocenters. The van der Waals surface area contributed by atoms with Gasteiger partial charge in [0.2, 0.25) is 0 Å². The summed E-state index contributed by atoms with van der Waals surface area (Å²) in [6.07, 6.45) is 1.76. The minimum atomic E-state index is 0.569. The van der Waals surface area contributed by atoms with Crippen LogP contribution in [-0.2, 0) is 0 Å². The fourth-order valence-corrected chi connectivity index (χ4v) is 3.25. The van der Waals surface area contributed by atoms with E-state index >= 15 is 0 Å². The first kappa shape index (κ1) is 12.5. The number of benzene rings is 1. The number of rotatable bonds is 2. The molecule has 7 heteroatoms. The van der Waals surface area contributed by atoms with E-state index in [0.717, 1.165) is 32.8 Å². The van der Waals surface area contributed by atoms with Crippen LogP contribution in [0, 0.1) is 0 Å². The average molecular weight is 318 g/mol. The Hall–Kier alpha value is -3.06. The largest absolute Gasteiger partial charge is 0.335 e. The van der Waals surface area contributed by atoms with Crippen LogP contribution in [0.4, 0.5) is 0 Å². The van der Waals surface area contributed by atoms with Gasteiger partial charge < -0.3 is 4.98 Å². The van der Waals surface area contributed by atoms with Crippen LogP contribution in [0.5, 0.6) is 0 Å². The van der Waals surface area contributed by atoms with Crippen molar-refractivity contribution in [3.05, 3.63) is 48.0 Å². The highest BCUT2D eigenvalue weighted by atomic mass is 32.1. The molecule has 0 amide bonds. The van der Waals surface area contributed by atoms with E-state index in [4.69, 9.17) is 0 Å². The topological polar surface area (TPSA) is 83.1 Å². The van der Waals surface area contributed by atoms with Gasteiger partial charge in [0.05, 0.1) is 16.6 Å². The molecule has 4 aromatic heterocycles. The lowest BCUT2D eigenvalue weighted by molar-refractivity contribution is 1.09. The molecule has 0 atom stereocenters. The molecule has 23 heavy (non-hydrogen) atoms. The van der Waals surface area contributed by atoms with E-state index in [1.165, 1.54) is 0 Å². The summed E-state index contributed by atoms with van der Waals surface area (Å²) < 4.78 is 0. The molecule has 0 aliphatic rings. The van der Waals surface area contributed by atoms with Crippen LogP contribution in [0.15, 0.2) is 48.0 Å². The summed E-state index contributed by atoms with van der Waals surface area (Å²) in [6.45, 7) is 0. The molecule has 0 aliphatic carbocycles. The molecule has 0 radical (unpaired) electrons. The van der Waals surface area contributed by atoms with E-state index in [0.29, 0.717) is 11.5 Å². The van der Waals surface area contributed by atoms with Crippen LogP contribution >= 0.6 is 11.3 Å². The second-order valence-corrected chi connectivity index (χ2v) is 6.06. The third-order valence-electron chi connectivity index (χ3n) is 3.68. The van der Waals surface area contributed by atoms with Crippen molar-refractivity contribution in [3.8, 4) is 22.2 Å². The predicted molar refractivity (Wildman–Crippen MR) is 90.1 cm³/mol. The van der Waals surface area contributed by atoms with Crippen molar-refractivity contribution >= 4 is 33.4 Å². The van der Waals surface area contributed by atoms with Gasteiger partial charge in [0.25, 0.3) is 0 Å². The first-order valence-corrected chi connectivity index (χ1v) is 7.96. The summed E-state index contributed by atoms with van der Waals surface area (Å²) in [4.78, 5) is 17.9. The third kappa shape index (κ3) is 1.94. The Morgan fingerprint density at radius 1 is 0.957 bits per heavy atom. The van der Waals surface area contributed by atoms with Crippen molar-refractivity contribution in [1.82, 2.24) is 30.1 Å². The summed E-state index contributed by atoms with van der Waals surface area (Å²) in [5, 5.41) is 10.4. The lowest BCUT2D eigenvalue weighted by atomic mass is 10.2. The lowest BCUT2D eigenvalue weighted by Gasteiger charge is -1.95. The van der Waals surface area contributed by atoms with Gasteiger partial charge in [0, 0.05) is 5.39 Å². The number of thiophene rings is 1. The van der Waals surface area contributed by atoms with E-state index < -0.39 is 0 Å². The van der Waals surface area contributed by atoms with E-state index in [1.54, 1.807) is 17.5 Å². The molecule has 1 aromatic carbocycles. The zero-order valence-electron chi connectivity index (χ0n) is 11.8. The summed E-state index contributed by atoms with van der Waals surface area (Å²) in [7, 11) is 0. The molecule has 5 rings (SSSR count). The lowest BCUT2D eigenvalue weighted by Crippen LogP contribution is -1.90. The Kier molecular flexibility index (Phi) is 2.56. The highest BCUT2D eigenvalue weighted by Crippen LogP contribution is 2.26. The summed E-state index contributed by atoms with van der Waals surface area (Å²) in [5.41, 5.74) is 3.16. The molecule has 0 spiro atoms. The van der Waals surface area contributed by atoms with Crippen LogP contribution in [0.25, 0.3) is 44.3 Å². The van der Waals surface area contributed by atoms with Crippen molar-refractivity contribution in [1.29, 1.82) is 0 Å². The van der Waals surface area contributed by atoms with Crippen molar-refractivity contribution in [2.24, 2.45) is 0 Å².